The van der Waals surface area contributed by atoms with Gasteiger partial charge in [0.2, 0.25) is 0 Å². The molecule has 4 heteroatoms. The molecule has 1 saturated carbocycles. The Bertz CT molecular complexity index is 779. The Morgan fingerprint density at radius 2 is 1.69 bits per heavy atom. The van der Waals surface area contributed by atoms with Gasteiger partial charge in [0.05, 0.1) is 11.6 Å². The summed E-state index contributed by atoms with van der Waals surface area (Å²) in [7, 11) is 0. The number of ketones is 1. The first-order chi connectivity index (χ1) is 12.6. The van der Waals surface area contributed by atoms with Crippen LogP contribution in [0.4, 0.5) is 5.69 Å². The number of benzene rings is 2. The second kappa shape index (κ2) is 8.28. The van der Waals surface area contributed by atoms with Crippen LogP contribution in [0.25, 0.3) is 0 Å². The maximum absolute atomic E-state index is 13.1. The molecule has 0 amide bonds. The van der Waals surface area contributed by atoms with Crippen molar-refractivity contribution in [3.63, 3.8) is 0 Å². The van der Waals surface area contributed by atoms with Crippen molar-refractivity contribution < 1.29 is 20.0 Å². The molecular formula is C22H25NO3. The molecule has 0 radical (unpaired) electrons. The summed E-state index contributed by atoms with van der Waals surface area (Å²) >= 11 is 0. The van der Waals surface area contributed by atoms with Crippen LogP contribution in [0, 0.1) is 0 Å². The van der Waals surface area contributed by atoms with E-state index in [1.54, 1.807) is 37.3 Å². The van der Waals surface area contributed by atoms with Crippen LogP contribution in [-0.2, 0) is 4.79 Å². The van der Waals surface area contributed by atoms with E-state index < -0.39 is 11.9 Å². The van der Waals surface area contributed by atoms with Crippen LogP contribution >= 0.6 is 0 Å². The van der Waals surface area contributed by atoms with Gasteiger partial charge in [-0.1, -0.05) is 55.8 Å². The lowest BCUT2D eigenvalue weighted by atomic mass is 9.90. The number of carbonyl (C=O) groups is 2. The molecule has 2 N–H and O–H groups in total. The summed E-state index contributed by atoms with van der Waals surface area (Å²) in [5, 5.41) is 13.6. The zero-order chi connectivity index (χ0) is 18.5. The van der Waals surface area contributed by atoms with Gasteiger partial charge in [-0.25, -0.2) is 0 Å². The summed E-state index contributed by atoms with van der Waals surface area (Å²) in [4.78, 5) is 24.6. The molecule has 2 aromatic carbocycles. The minimum Gasteiger partial charge on any atom is -0.550 e. The molecule has 0 spiro atoms. The third kappa shape index (κ3) is 4.02. The van der Waals surface area contributed by atoms with E-state index in [0.29, 0.717) is 22.7 Å². The number of rotatable bonds is 6. The van der Waals surface area contributed by atoms with Crippen molar-refractivity contribution in [3.8, 4) is 0 Å². The average molecular weight is 351 g/mol. The van der Waals surface area contributed by atoms with Crippen LogP contribution in [0.15, 0.2) is 48.5 Å². The fourth-order valence-electron chi connectivity index (χ4n) is 3.75. The lowest BCUT2D eigenvalue weighted by molar-refractivity contribution is -0.614. The molecule has 1 aliphatic rings. The van der Waals surface area contributed by atoms with Crippen LogP contribution < -0.4 is 10.4 Å². The minimum absolute atomic E-state index is 0.0694. The van der Waals surface area contributed by atoms with Gasteiger partial charge in [-0.2, -0.15) is 0 Å². The van der Waals surface area contributed by atoms with Gasteiger partial charge in [0.25, 0.3) is 0 Å². The number of hydrogen-bond acceptors (Lipinski definition) is 3. The van der Waals surface area contributed by atoms with Crippen molar-refractivity contribution in [3.05, 3.63) is 65.2 Å². The molecule has 0 aromatic heterocycles. The van der Waals surface area contributed by atoms with Crippen LogP contribution in [0.5, 0.6) is 0 Å². The highest BCUT2D eigenvalue weighted by Crippen LogP contribution is 2.27. The Labute approximate surface area is 154 Å². The largest absolute Gasteiger partial charge is 0.550 e. The monoisotopic (exact) mass is 351 g/mol. The molecule has 0 bridgehead atoms. The van der Waals surface area contributed by atoms with Gasteiger partial charge >= 0.3 is 0 Å². The van der Waals surface area contributed by atoms with Crippen molar-refractivity contribution in [1.29, 1.82) is 0 Å². The third-order valence-electron chi connectivity index (χ3n) is 5.29. The van der Waals surface area contributed by atoms with Crippen LogP contribution in [0.3, 0.4) is 0 Å². The predicted octanol–water partition coefficient (Wildman–Crippen LogP) is 2.30. The van der Waals surface area contributed by atoms with E-state index in [-0.39, 0.29) is 5.78 Å². The number of quaternary nitrogens is 1. The number of carboxylic acids is 1. The molecule has 1 unspecified atom stereocenters. The number of aliphatic carboxylic acids is 1. The summed E-state index contributed by atoms with van der Waals surface area (Å²) in [6.07, 6.45) is 5.79. The van der Waals surface area contributed by atoms with E-state index in [9.17, 15) is 14.7 Å². The molecule has 136 valence electrons. The minimum atomic E-state index is -1.12. The summed E-state index contributed by atoms with van der Waals surface area (Å²) in [5.74, 6) is -1.94. The number of carboxylic acid groups (broad SMARTS) is 1. The van der Waals surface area contributed by atoms with Gasteiger partial charge in [0.1, 0.15) is 5.69 Å². The smallest absolute Gasteiger partial charge is 0.199 e. The van der Waals surface area contributed by atoms with Crippen molar-refractivity contribution in [2.75, 3.05) is 0 Å². The summed E-state index contributed by atoms with van der Waals surface area (Å²) in [6.45, 7) is 1.62. The lowest BCUT2D eigenvalue weighted by Crippen LogP contribution is -2.85. The molecule has 1 atom stereocenters. The van der Waals surface area contributed by atoms with E-state index in [0.717, 1.165) is 18.5 Å². The Morgan fingerprint density at radius 1 is 1.00 bits per heavy atom. The van der Waals surface area contributed by atoms with Gasteiger partial charge in [-0.3, -0.25) is 4.79 Å². The van der Waals surface area contributed by atoms with Gasteiger partial charge in [-0.05, 0) is 31.7 Å². The second-order valence-electron chi connectivity index (χ2n) is 7.11. The first-order valence-electron chi connectivity index (χ1n) is 9.36. The highest BCUT2D eigenvalue weighted by Gasteiger charge is 2.26. The summed E-state index contributed by atoms with van der Waals surface area (Å²) in [5.41, 5.74) is 2.62. The van der Waals surface area contributed by atoms with Crippen LogP contribution in [0.2, 0.25) is 0 Å². The molecule has 2 aromatic rings. The Kier molecular flexibility index (Phi) is 5.84. The van der Waals surface area contributed by atoms with E-state index >= 15 is 0 Å². The van der Waals surface area contributed by atoms with E-state index in [2.05, 4.69) is 5.32 Å². The fraction of sp³-hybridized carbons (Fsp3) is 0.364. The highest BCUT2D eigenvalue weighted by molar-refractivity contribution is 6.11. The Balaban J connectivity index is 2.03. The zero-order valence-corrected chi connectivity index (χ0v) is 15.1. The predicted molar refractivity (Wildman–Crippen MR) is 98.2 cm³/mol. The van der Waals surface area contributed by atoms with Gasteiger partial charge in [0.15, 0.2) is 5.78 Å². The van der Waals surface area contributed by atoms with Crippen LogP contribution in [-0.4, -0.2) is 17.8 Å². The second-order valence-corrected chi connectivity index (χ2v) is 7.11. The SMILES string of the molecule is CC(C(=O)[O-])c1cccc(C(=O)c2ccccc2)c1[NH2+]C1CCCCC1. The van der Waals surface area contributed by atoms with Crippen molar-refractivity contribution in [2.24, 2.45) is 0 Å². The first kappa shape index (κ1) is 18.3. The van der Waals surface area contributed by atoms with E-state index in [4.69, 9.17) is 0 Å². The lowest BCUT2D eigenvalue weighted by Gasteiger charge is -2.24. The standard InChI is InChI=1S/C22H25NO3/c1-15(22(25)26)18-13-8-14-19(21(24)16-9-4-2-5-10-16)20(18)23-17-11-6-3-7-12-17/h2,4-5,8-10,13-15,17,23H,3,6-7,11-12H2,1H3,(H,25,26). The topological polar surface area (TPSA) is 73.8 Å². The molecule has 0 heterocycles. The Morgan fingerprint density at radius 3 is 2.35 bits per heavy atom. The van der Waals surface area contributed by atoms with E-state index in [1.807, 2.05) is 18.2 Å². The number of para-hydroxylation sites is 1. The van der Waals surface area contributed by atoms with Crippen molar-refractivity contribution in [2.45, 2.75) is 51.0 Å². The van der Waals surface area contributed by atoms with Crippen molar-refractivity contribution in [1.82, 2.24) is 0 Å². The summed E-state index contributed by atoms with van der Waals surface area (Å²) < 4.78 is 0. The molecule has 4 nitrogen and oxygen atoms in total. The average Bonchev–Trinajstić information content (AvgIpc) is 2.68. The van der Waals surface area contributed by atoms with Gasteiger partial charge in [-0.15, -0.1) is 0 Å². The molecule has 0 aliphatic heterocycles. The molecule has 0 saturated heterocycles. The third-order valence-corrected chi connectivity index (χ3v) is 5.29. The Hall–Kier alpha value is -2.46. The molecule has 1 aliphatic carbocycles. The maximum Gasteiger partial charge on any atom is 0.199 e. The van der Waals surface area contributed by atoms with Gasteiger partial charge in [0, 0.05) is 23.0 Å². The summed E-state index contributed by atoms with van der Waals surface area (Å²) in [6, 6.07) is 14.9. The first-order valence-corrected chi connectivity index (χ1v) is 9.36. The van der Waals surface area contributed by atoms with E-state index in [1.165, 1.54) is 19.3 Å². The number of nitrogens with two attached hydrogens (primary N) is 1. The van der Waals surface area contributed by atoms with Gasteiger partial charge < -0.3 is 15.2 Å². The molecule has 3 rings (SSSR count). The molecule has 1 fully saturated rings. The van der Waals surface area contributed by atoms with Crippen LogP contribution in [0.1, 0.15) is 66.4 Å². The maximum atomic E-state index is 13.1. The zero-order valence-electron chi connectivity index (χ0n) is 15.1. The normalized spacial score (nSPS) is 16.2. The van der Waals surface area contributed by atoms with Crippen molar-refractivity contribution >= 4 is 17.4 Å². The number of hydrogen-bond donors (Lipinski definition) is 1. The molecule has 26 heavy (non-hydrogen) atoms. The quantitative estimate of drug-likeness (QED) is 0.641. The number of carbonyl (C=O) groups excluding carboxylic acids is 2. The molecular weight excluding hydrogens is 326 g/mol. The highest BCUT2D eigenvalue weighted by atomic mass is 16.4. The fourth-order valence-corrected chi connectivity index (χ4v) is 3.75.